The molecule has 2 aromatic heterocycles. The second-order valence-corrected chi connectivity index (χ2v) is 7.15. The predicted molar refractivity (Wildman–Crippen MR) is 95.0 cm³/mol. The van der Waals surface area contributed by atoms with Crippen molar-refractivity contribution in [3.05, 3.63) is 53.4 Å². The molecule has 6 heteroatoms. The smallest absolute Gasteiger partial charge is 0.278 e. The number of likely N-dealkylation sites (N-methyl/N-ethyl adjacent to an activating group) is 2. The molecule has 3 rings (SSSR count). The largest absolute Gasteiger partial charge is 0.463 e. The van der Waals surface area contributed by atoms with Gasteiger partial charge in [0.2, 0.25) is 0 Å². The first kappa shape index (κ1) is 16.7. The number of para-hydroxylation sites is 1. The number of fused-ring (bicyclic) bond motifs is 1. The summed E-state index contributed by atoms with van der Waals surface area (Å²) in [4.78, 5) is 20.1. The molecule has 3 aromatic rings. The Morgan fingerprint density at radius 1 is 1.33 bits per heavy atom. The molecule has 0 aliphatic carbocycles. The van der Waals surface area contributed by atoms with Gasteiger partial charge in [-0.05, 0) is 31.2 Å². The van der Waals surface area contributed by atoms with Gasteiger partial charge in [-0.2, -0.15) is 0 Å². The van der Waals surface area contributed by atoms with Crippen LogP contribution in [0.4, 0.5) is 0 Å². The van der Waals surface area contributed by atoms with Gasteiger partial charge in [0, 0.05) is 7.05 Å². The minimum atomic E-state index is -0.0358. The zero-order chi connectivity index (χ0) is 17.1. The molecule has 2 heterocycles. The molecule has 0 fully saturated rings. The molecular weight excluding hydrogens is 322 g/mol. The van der Waals surface area contributed by atoms with Crippen LogP contribution in [0.25, 0.3) is 10.2 Å². The highest BCUT2D eigenvalue weighted by Gasteiger charge is 2.23. The van der Waals surface area contributed by atoms with Gasteiger partial charge in [-0.25, -0.2) is 4.98 Å². The zero-order valence-electron chi connectivity index (χ0n) is 14.2. The lowest BCUT2D eigenvalue weighted by Gasteiger charge is -2.24. The number of nitrogens with one attached hydrogen (secondary N) is 1. The number of hydrogen-bond acceptors (Lipinski definition) is 4. The van der Waals surface area contributed by atoms with Crippen LogP contribution in [-0.2, 0) is 11.3 Å². The molecule has 1 amide bonds. The fourth-order valence-corrected chi connectivity index (χ4v) is 3.67. The molecule has 1 N–H and O–H groups in total. The maximum atomic E-state index is 12.6. The Labute approximate surface area is 145 Å². The Kier molecular flexibility index (Phi) is 4.97. The number of hydrogen-bond donors (Lipinski definition) is 1. The van der Waals surface area contributed by atoms with E-state index in [4.69, 9.17) is 4.42 Å². The molecule has 0 saturated heterocycles. The lowest BCUT2D eigenvalue weighted by molar-refractivity contribution is -0.886. The standard InChI is InChI=1S/C18H21N3O2S/c1-13(18-19-15-8-4-5-9-16(15)24-18)21(3)17(22)12-20(2)11-14-7-6-10-23-14/h4-10,13H,11-12H2,1-3H3/p+1/t13-/m0/s1. The highest BCUT2D eigenvalue weighted by atomic mass is 32.1. The minimum absolute atomic E-state index is 0.0358. The molecule has 0 aliphatic heterocycles. The third kappa shape index (κ3) is 3.66. The molecule has 2 atom stereocenters. The number of quaternary nitrogens is 1. The van der Waals surface area contributed by atoms with E-state index in [9.17, 15) is 4.79 Å². The van der Waals surface area contributed by atoms with Gasteiger partial charge in [-0.15, -0.1) is 11.3 Å². The van der Waals surface area contributed by atoms with Gasteiger partial charge in [0.05, 0.1) is 29.6 Å². The highest BCUT2D eigenvalue weighted by Crippen LogP contribution is 2.28. The van der Waals surface area contributed by atoms with Crippen molar-refractivity contribution < 1.29 is 14.1 Å². The lowest BCUT2D eigenvalue weighted by Crippen LogP contribution is -3.08. The number of nitrogens with zero attached hydrogens (tertiary/aromatic N) is 2. The van der Waals surface area contributed by atoms with E-state index in [1.807, 2.05) is 51.4 Å². The number of carbonyl (C=O) groups is 1. The van der Waals surface area contributed by atoms with Crippen molar-refractivity contribution in [1.29, 1.82) is 0 Å². The van der Waals surface area contributed by atoms with Crippen LogP contribution in [0.1, 0.15) is 23.7 Å². The highest BCUT2D eigenvalue weighted by molar-refractivity contribution is 7.18. The van der Waals surface area contributed by atoms with Crippen molar-refractivity contribution in [2.24, 2.45) is 0 Å². The van der Waals surface area contributed by atoms with Crippen LogP contribution in [-0.4, -0.2) is 36.4 Å². The van der Waals surface area contributed by atoms with E-state index in [1.54, 1.807) is 22.5 Å². The summed E-state index contributed by atoms with van der Waals surface area (Å²) >= 11 is 1.65. The number of thiazole rings is 1. The topological polar surface area (TPSA) is 50.8 Å². The number of aromatic nitrogens is 1. The van der Waals surface area contributed by atoms with E-state index in [-0.39, 0.29) is 11.9 Å². The van der Waals surface area contributed by atoms with Crippen LogP contribution in [0, 0.1) is 0 Å². The van der Waals surface area contributed by atoms with Gasteiger partial charge < -0.3 is 14.2 Å². The number of benzene rings is 1. The number of amides is 1. The number of rotatable bonds is 6. The van der Waals surface area contributed by atoms with Crippen molar-refractivity contribution in [3.8, 4) is 0 Å². The Balaban J connectivity index is 1.63. The van der Waals surface area contributed by atoms with Gasteiger partial charge in [0.15, 0.2) is 12.3 Å². The second-order valence-electron chi connectivity index (χ2n) is 6.09. The fraction of sp³-hybridized carbons (Fsp3) is 0.333. The molecule has 0 spiro atoms. The normalized spacial score (nSPS) is 13.8. The first-order valence-electron chi connectivity index (χ1n) is 7.99. The van der Waals surface area contributed by atoms with E-state index < -0.39 is 0 Å². The average molecular weight is 344 g/mol. The first-order chi connectivity index (χ1) is 11.5. The van der Waals surface area contributed by atoms with Crippen molar-refractivity contribution in [1.82, 2.24) is 9.88 Å². The fourth-order valence-electron chi connectivity index (χ4n) is 2.61. The molecule has 0 saturated carbocycles. The number of furan rings is 1. The van der Waals surface area contributed by atoms with Crippen LogP contribution in [0.2, 0.25) is 0 Å². The average Bonchev–Trinajstić information content (AvgIpc) is 3.22. The van der Waals surface area contributed by atoms with E-state index in [0.717, 1.165) is 25.9 Å². The monoisotopic (exact) mass is 344 g/mol. The Hall–Kier alpha value is -2.18. The van der Waals surface area contributed by atoms with Gasteiger partial charge in [0.25, 0.3) is 5.91 Å². The van der Waals surface area contributed by atoms with E-state index >= 15 is 0 Å². The van der Waals surface area contributed by atoms with Gasteiger partial charge in [-0.3, -0.25) is 4.79 Å². The summed E-state index contributed by atoms with van der Waals surface area (Å²) < 4.78 is 6.50. The molecule has 126 valence electrons. The molecule has 24 heavy (non-hydrogen) atoms. The van der Waals surface area contributed by atoms with Crippen LogP contribution < -0.4 is 4.90 Å². The van der Waals surface area contributed by atoms with Gasteiger partial charge in [0.1, 0.15) is 11.6 Å². The van der Waals surface area contributed by atoms with Gasteiger partial charge in [-0.1, -0.05) is 12.1 Å². The van der Waals surface area contributed by atoms with Crippen molar-refractivity contribution in [3.63, 3.8) is 0 Å². The summed E-state index contributed by atoms with van der Waals surface area (Å²) in [6, 6.07) is 11.8. The minimum Gasteiger partial charge on any atom is -0.463 e. The Morgan fingerprint density at radius 2 is 2.12 bits per heavy atom. The quantitative estimate of drug-likeness (QED) is 0.745. The van der Waals surface area contributed by atoms with Crippen molar-refractivity contribution in [2.45, 2.75) is 19.5 Å². The summed E-state index contributed by atoms with van der Waals surface area (Å²) in [6.07, 6.45) is 1.66. The maximum absolute atomic E-state index is 12.6. The summed E-state index contributed by atoms with van der Waals surface area (Å²) in [5.74, 6) is 0.994. The molecule has 1 unspecified atom stereocenters. The summed E-state index contributed by atoms with van der Waals surface area (Å²) in [5, 5.41) is 0.968. The second kappa shape index (κ2) is 7.15. The lowest BCUT2D eigenvalue weighted by atomic mass is 10.3. The van der Waals surface area contributed by atoms with E-state index in [0.29, 0.717) is 13.1 Å². The van der Waals surface area contributed by atoms with Crippen LogP contribution in [0.15, 0.2) is 47.1 Å². The predicted octanol–water partition coefficient (Wildman–Crippen LogP) is 2.12. The first-order valence-corrected chi connectivity index (χ1v) is 8.81. The van der Waals surface area contributed by atoms with Gasteiger partial charge >= 0.3 is 0 Å². The summed E-state index contributed by atoms with van der Waals surface area (Å²) in [7, 11) is 3.84. The Morgan fingerprint density at radius 3 is 2.83 bits per heavy atom. The van der Waals surface area contributed by atoms with Crippen LogP contribution in [0.5, 0.6) is 0 Å². The van der Waals surface area contributed by atoms with Crippen molar-refractivity contribution in [2.75, 3.05) is 20.6 Å². The maximum Gasteiger partial charge on any atom is 0.278 e. The summed E-state index contributed by atoms with van der Waals surface area (Å²) in [5.41, 5.74) is 0.991. The molecule has 0 aliphatic rings. The van der Waals surface area contributed by atoms with E-state index in [1.165, 1.54) is 0 Å². The number of carbonyl (C=O) groups excluding carboxylic acids is 1. The molecule has 1 aromatic carbocycles. The SMILES string of the molecule is C[C@@H](c1nc2ccccc2s1)N(C)C(=O)C[NH+](C)Cc1ccco1. The van der Waals surface area contributed by atoms with E-state index in [2.05, 4.69) is 11.1 Å². The van der Waals surface area contributed by atoms with Crippen LogP contribution in [0.3, 0.4) is 0 Å². The third-order valence-electron chi connectivity index (χ3n) is 4.15. The molecular formula is C18H22N3O2S+. The third-order valence-corrected chi connectivity index (χ3v) is 5.36. The Bertz CT molecular complexity index is 780. The van der Waals surface area contributed by atoms with Crippen molar-refractivity contribution >= 4 is 27.5 Å². The molecule has 0 radical (unpaired) electrons. The molecule has 5 nitrogen and oxygen atoms in total. The zero-order valence-corrected chi connectivity index (χ0v) is 15.0. The van der Waals surface area contributed by atoms with Crippen LogP contribution >= 0.6 is 11.3 Å². The molecule has 0 bridgehead atoms. The summed E-state index contributed by atoms with van der Waals surface area (Å²) in [6.45, 7) is 3.14.